The molecule has 0 heterocycles. The summed E-state index contributed by atoms with van der Waals surface area (Å²) in [6.45, 7) is 0. The number of nitrogens with zero attached hydrogens (tertiary/aromatic N) is 1. The minimum Gasteiger partial charge on any atom is -0.372 e. The Kier molecular flexibility index (Phi) is 3.91. The zero-order chi connectivity index (χ0) is 15.5. The molecule has 2 rings (SSSR count). The Morgan fingerprint density at radius 3 is 2.14 bits per heavy atom. The third-order valence-electron chi connectivity index (χ3n) is 3.07. The van der Waals surface area contributed by atoms with E-state index in [0.717, 1.165) is 0 Å². The van der Waals surface area contributed by atoms with Crippen molar-refractivity contribution in [3.8, 4) is 0 Å². The van der Waals surface area contributed by atoms with Gasteiger partial charge in [0.2, 0.25) is 0 Å². The van der Waals surface area contributed by atoms with Crippen LogP contribution in [0, 0.1) is 0 Å². The lowest BCUT2D eigenvalue weighted by Gasteiger charge is -2.25. The smallest absolute Gasteiger partial charge is 0.258 e. The topological polar surface area (TPSA) is 128 Å². The van der Waals surface area contributed by atoms with Gasteiger partial charge in [-0.25, -0.2) is 4.99 Å². The zero-order valence-corrected chi connectivity index (χ0v) is 11.2. The first-order valence-corrected chi connectivity index (χ1v) is 6.22. The SMILES string of the molecule is NC(=O)C(O)(c1ccccc1)c1cccc(N=C(N)N)c1. The van der Waals surface area contributed by atoms with Crippen molar-refractivity contribution in [2.75, 3.05) is 0 Å². The van der Waals surface area contributed by atoms with Crippen LogP contribution in [0.2, 0.25) is 0 Å². The fourth-order valence-electron chi connectivity index (χ4n) is 2.08. The van der Waals surface area contributed by atoms with Gasteiger partial charge in [0.1, 0.15) is 0 Å². The Bertz CT molecular complexity index is 681. The van der Waals surface area contributed by atoms with Gasteiger partial charge in [0.15, 0.2) is 11.6 Å². The van der Waals surface area contributed by atoms with Crippen LogP contribution in [0.3, 0.4) is 0 Å². The number of benzene rings is 2. The highest BCUT2D eigenvalue weighted by Crippen LogP contribution is 2.31. The van der Waals surface area contributed by atoms with E-state index in [-0.39, 0.29) is 5.96 Å². The van der Waals surface area contributed by atoms with Crippen molar-refractivity contribution in [2.45, 2.75) is 5.60 Å². The molecule has 1 amide bonds. The summed E-state index contributed by atoms with van der Waals surface area (Å²) in [4.78, 5) is 15.7. The van der Waals surface area contributed by atoms with Gasteiger partial charge in [-0.15, -0.1) is 0 Å². The number of nitrogens with two attached hydrogens (primary N) is 3. The molecule has 0 aliphatic heterocycles. The summed E-state index contributed by atoms with van der Waals surface area (Å²) < 4.78 is 0. The molecule has 2 aromatic carbocycles. The first kappa shape index (κ1) is 14.5. The molecule has 7 N–H and O–H groups in total. The number of primary amides is 1. The van der Waals surface area contributed by atoms with Gasteiger partial charge in [-0.2, -0.15) is 0 Å². The zero-order valence-electron chi connectivity index (χ0n) is 11.2. The Balaban J connectivity index is 2.59. The van der Waals surface area contributed by atoms with Crippen LogP contribution in [0.1, 0.15) is 11.1 Å². The maximum Gasteiger partial charge on any atom is 0.258 e. The van der Waals surface area contributed by atoms with Crippen LogP contribution >= 0.6 is 0 Å². The number of guanidine groups is 1. The molecule has 0 saturated heterocycles. The molecule has 108 valence electrons. The van der Waals surface area contributed by atoms with Crippen LogP contribution in [-0.4, -0.2) is 17.0 Å². The van der Waals surface area contributed by atoms with Crippen molar-refractivity contribution >= 4 is 17.6 Å². The normalized spacial score (nSPS) is 13.2. The van der Waals surface area contributed by atoms with Crippen LogP contribution in [0.4, 0.5) is 5.69 Å². The highest BCUT2D eigenvalue weighted by molar-refractivity contribution is 5.89. The van der Waals surface area contributed by atoms with E-state index in [4.69, 9.17) is 17.2 Å². The van der Waals surface area contributed by atoms with Crippen LogP contribution in [0.5, 0.6) is 0 Å². The molecule has 0 aliphatic rings. The monoisotopic (exact) mass is 284 g/mol. The van der Waals surface area contributed by atoms with Gasteiger partial charge >= 0.3 is 0 Å². The van der Waals surface area contributed by atoms with Crippen LogP contribution in [-0.2, 0) is 10.4 Å². The van der Waals surface area contributed by atoms with E-state index in [0.29, 0.717) is 16.8 Å². The van der Waals surface area contributed by atoms with Crippen LogP contribution in [0.25, 0.3) is 0 Å². The minimum absolute atomic E-state index is 0.116. The van der Waals surface area contributed by atoms with Gasteiger partial charge in [0, 0.05) is 0 Å². The van der Waals surface area contributed by atoms with E-state index in [1.54, 1.807) is 48.5 Å². The Hall–Kier alpha value is -2.86. The van der Waals surface area contributed by atoms with E-state index in [1.165, 1.54) is 6.07 Å². The number of rotatable bonds is 4. The lowest BCUT2D eigenvalue weighted by molar-refractivity contribution is -0.133. The van der Waals surface area contributed by atoms with Crippen molar-refractivity contribution in [1.29, 1.82) is 0 Å². The summed E-state index contributed by atoms with van der Waals surface area (Å²) in [5.41, 5.74) is 15.2. The van der Waals surface area contributed by atoms with E-state index in [9.17, 15) is 9.90 Å². The number of hydrogen-bond donors (Lipinski definition) is 4. The van der Waals surface area contributed by atoms with Crippen molar-refractivity contribution < 1.29 is 9.90 Å². The van der Waals surface area contributed by atoms with Gasteiger partial charge in [0.05, 0.1) is 5.69 Å². The molecular weight excluding hydrogens is 268 g/mol. The van der Waals surface area contributed by atoms with Crippen LogP contribution in [0.15, 0.2) is 59.6 Å². The third kappa shape index (κ3) is 2.85. The predicted octanol–water partition coefficient (Wildman–Crippen LogP) is 0.313. The highest BCUT2D eigenvalue weighted by atomic mass is 16.3. The van der Waals surface area contributed by atoms with Crippen molar-refractivity contribution in [2.24, 2.45) is 22.2 Å². The van der Waals surface area contributed by atoms with E-state index < -0.39 is 11.5 Å². The first-order chi connectivity index (χ1) is 9.94. The molecule has 21 heavy (non-hydrogen) atoms. The van der Waals surface area contributed by atoms with Crippen LogP contribution < -0.4 is 17.2 Å². The molecule has 2 aromatic rings. The van der Waals surface area contributed by atoms with Crippen molar-refractivity contribution in [3.63, 3.8) is 0 Å². The second-order valence-corrected chi connectivity index (χ2v) is 4.53. The van der Waals surface area contributed by atoms with Gasteiger partial charge in [0.25, 0.3) is 5.91 Å². The molecule has 0 fully saturated rings. The van der Waals surface area contributed by atoms with Gasteiger partial charge in [-0.05, 0) is 23.3 Å². The number of hydrogen-bond acceptors (Lipinski definition) is 3. The Morgan fingerprint density at radius 1 is 0.952 bits per heavy atom. The van der Waals surface area contributed by atoms with Gasteiger partial charge in [-0.3, -0.25) is 4.79 Å². The summed E-state index contributed by atoms with van der Waals surface area (Å²) in [5.74, 6) is -0.995. The lowest BCUT2D eigenvalue weighted by atomic mass is 9.85. The van der Waals surface area contributed by atoms with E-state index in [2.05, 4.69) is 4.99 Å². The Labute approximate surface area is 121 Å². The minimum atomic E-state index is -1.95. The lowest BCUT2D eigenvalue weighted by Crippen LogP contribution is -2.42. The third-order valence-corrected chi connectivity index (χ3v) is 3.07. The summed E-state index contributed by atoms with van der Waals surface area (Å²) in [7, 11) is 0. The first-order valence-electron chi connectivity index (χ1n) is 6.22. The summed E-state index contributed by atoms with van der Waals surface area (Å²) in [5, 5.41) is 10.8. The number of carbonyl (C=O) groups excluding carboxylic acids is 1. The number of aliphatic imine (C=N–C) groups is 1. The maximum atomic E-state index is 11.8. The molecule has 0 spiro atoms. The fourth-order valence-corrected chi connectivity index (χ4v) is 2.08. The predicted molar refractivity (Wildman–Crippen MR) is 80.5 cm³/mol. The molecule has 0 bridgehead atoms. The molecule has 1 atom stereocenters. The Morgan fingerprint density at radius 2 is 1.57 bits per heavy atom. The van der Waals surface area contributed by atoms with Gasteiger partial charge < -0.3 is 22.3 Å². The quantitative estimate of drug-likeness (QED) is 0.476. The van der Waals surface area contributed by atoms with E-state index >= 15 is 0 Å². The average molecular weight is 284 g/mol. The molecule has 1 unspecified atom stereocenters. The molecule has 6 nitrogen and oxygen atoms in total. The molecule has 0 aromatic heterocycles. The highest BCUT2D eigenvalue weighted by Gasteiger charge is 2.38. The summed E-state index contributed by atoms with van der Waals surface area (Å²) in [6, 6.07) is 14.8. The molecule has 0 aliphatic carbocycles. The largest absolute Gasteiger partial charge is 0.372 e. The number of amides is 1. The molecular formula is C15H16N4O2. The van der Waals surface area contributed by atoms with Gasteiger partial charge in [-0.1, -0.05) is 42.5 Å². The molecule has 6 heteroatoms. The van der Waals surface area contributed by atoms with Crippen molar-refractivity contribution in [1.82, 2.24) is 0 Å². The van der Waals surface area contributed by atoms with Crippen molar-refractivity contribution in [3.05, 3.63) is 65.7 Å². The number of carbonyl (C=O) groups is 1. The van der Waals surface area contributed by atoms with E-state index in [1.807, 2.05) is 0 Å². The fraction of sp³-hybridized carbons (Fsp3) is 0.0667. The summed E-state index contributed by atoms with van der Waals surface area (Å²) in [6.07, 6.45) is 0. The maximum absolute atomic E-state index is 11.8. The standard InChI is InChI=1S/C15H16N4O2/c16-13(20)15(21,10-5-2-1-3-6-10)11-7-4-8-12(9-11)19-14(17)18/h1-9,21H,(H2,16,20)(H4,17,18,19). The number of aliphatic hydroxyl groups is 1. The molecule has 0 saturated carbocycles. The average Bonchev–Trinajstić information content (AvgIpc) is 2.46. The molecule has 0 radical (unpaired) electrons. The second-order valence-electron chi connectivity index (χ2n) is 4.53. The summed E-state index contributed by atoms with van der Waals surface area (Å²) >= 11 is 0. The second kappa shape index (κ2) is 5.64.